The average Bonchev–Trinajstić information content (AvgIpc) is 2.83. The van der Waals surface area contributed by atoms with E-state index in [1.807, 2.05) is 30.3 Å². The summed E-state index contributed by atoms with van der Waals surface area (Å²) in [6.07, 6.45) is 0. The van der Waals surface area contributed by atoms with E-state index in [2.05, 4.69) is 5.32 Å². The van der Waals surface area contributed by atoms with Crippen LogP contribution in [0, 0.1) is 0 Å². The van der Waals surface area contributed by atoms with Gasteiger partial charge < -0.3 is 19.7 Å². The third-order valence-electron chi connectivity index (χ3n) is 4.42. The lowest BCUT2D eigenvalue weighted by atomic mass is 10.2. The first-order chi connectivity index (χ1) is 15.9. The van der Waals surface area contributed by atoms with Crippen molar-refractivity contribution in [3.05, 3.63) is 84.4 Å². The maximum Gasteiger partial charge on any atom is 0.339 e. The lowest BCUT2D eigenvalue weighted by Crippen LogP contribution is -2.23. The van der Waals surface area contributed by atoms with E-state index in [1.165, 1.54) is 16.7 Å². The summed E-state index contributed by atoms with van der Waals surface area (Å²) >= 11 is 1.24. The fourth-order valence-electron chi connectivity index (χ4n) is 2.70. The number of nitrogens with zero attached hydrogens (tertiary/aromatic N) is 1. The van der Waals surface area contributed by atoms with Gasteiger partial charge in [-0.05, 0) is 36.4 Å². The molecule has 0 unspecified atom stereocenters. The Labute approximate surface area is 196 Å². The molecule has 0 heterocycles. The van der Waals surface area contributed by atoms with Gasteiger partial charge in [-0.25, -0.2) is 4.79 Å². The summed E-state index contributed by atoms with van der Waals surface area (Å²) in [5, 5.41) is 2.71. The van der Waals surface area contributed by atoms with Gasteiger partial charge >= 0.3 is 5.97 Å². The first kappa shape index (κ1) is 23.9. The van der Waals surface area contributed by atoms with Crippen molar-refractivity contribution in [3.63, 3.8) is 0 Å². The topological polar surface area (TPSA) is 84.9 Å². The molecule has 0 saturated heterocycles. The van der Waals surface area contributed by atoms with Crippen molar-refractivity contribution in [2.45, 2.75) is 4.90 Å². The Bertz CT molecular complexity index is 1120. The first-order valence-corrected chi connectivity index (χ1v) is 11.1. The number of carbonyl (C=O) groups excluding carboxylic acids is 3. The van der Waals surface area contributed by atoms with E-state index < -0.39 is 18.5 Å². The highest BCUT2D eigenvalue weighted by Gasteiger charge is 2.17. The minimum absolute atomic E-state index is 0.0704. The molecule has 0 radical (unpaired) electrons. The second-order valence-corrected chi connectivity index (χ2v) is 8.13. The van der Waals surface area contributed by atoms with Gasteiger partial charge in [-0.2, -0.15) is 0 Å². The average molecular weight is 465 g/mol. The highest BCUT2D eigenvalue weighted by atomic mass is 32.2. The second kappa shape index (κ2) is 11.7. The summed E-state index contributed by atoms with van der Waals surface area (Å²) in [6.45, 7) is -0.464. The van der Waals surface area contributed by atoms with Gasteiger partial charge in [0, 0.05) is 19.0 Å². The molecule has 170 valence electrons. The summed E-state index contributed by atoms with van der Waals surface area (Å²) in [6, 6.07) is 23.0. The van der Waals surface area contributed by atoms with Crippen molar-refractivity contribution in [1.29, 1.82) is 0 Å². The third-order valence-corrected chi connectivity index (χ3v) is 5.48. The lowest BCUT2D eigenvalue weighted by Gasteiger charge is -2.13. The third kappa shape index (κ3) is 7.11. The number of rotatable bonds is 9. The number of para-hydroxylation sites is 3. The van der Waals surface area contributed by atoms with Gasteiger partial charge in [0.05, 0.1) is 17.0 Å². The molecule has 0 saturated carbocycles. The van der Waals surface area contributed by atoms with Gasteiger partial charge in [0.15, 0.2) is 12.4 Å². The maximum atomic E-state index is 12.6. The fourth-order valence-corrected chi connectivity index (χ4v) is 3.72. The minimum Gasteiger partial charge on any atom is -0.455 e. The molecule has 0 aliphatic heterocycles. The predicted octanol–water partition coefficient (Wildman–Crippen LogP) is 4.45. The summed E-state index contributed by atoms with van der Waals surface area (Å²) in [4.78, 5) is 39.0. The molecule has 0 aliphatic carbocycles. The standard InChI is InChI=1S/C25H24N2O5S/c1-27(2)24(29)17-33-22-15-9-6-12-19(22)25(30)31-16-23(28)26-20-13-7-8-14-21(20)32-18-10-4-3-5-11-18/h3-15H,16-17H2,1-2H3,(H,26,28). The van der Waals surface area contributed by atoms with Crippen molar-refractivity contribution in [2.75, 3.05) is 31.8 Å². The van der Waals surface area contributed by atoms with Crippen LogP contribution >= 0.6 is 11.8 Å². The Balaban J connectivity index is 1.59. The summed E-state index contributed by atoms with van der Waals surface area (Å²) in [7, 11) is 3.34. The molecular formula is C25H24N2O5S. The van der Waals surface area contributed by atoms with Crippen molar-refractivity contribution in [2.24, 2.45) is 0 Å². The first-order valence-electron chi connectivity index (χ1n) is 10.1. The molecule has 0 bridgehead atoms. The highest BCUT2D eigenvalue weighted by molar-refractivity contribution is 8.00. The molecule has 0 aromatic heterocycles. The largest absolute Gasteiger partial charge is 0.455 e. The molecule has 0 fully saturated rings. The molecule has 3 aromatic rings. The number of carbonyl (C=O) groups is 3. The highest BCUT2D eigenvalue weighted by Crippen LogP contribution is 2.29. The van der Waals surface area contributed by atoms with E-state index in [9.17, 15) is 14.4 Å². The quantitative estimate of drug-likeness (QED) is 0.372. The Morgan fingerprint density at radius 3 is 2.30 bits per heavy atom. The zero-order valence-electron chi connectivity index (χ0n) is 18.3. The Hall–Kier alpha value is -3.78. The molecule has 2 amide bonds. The van der Waals surface area contributed by atoms with E-state index >= 15 is 0 Å². The molecule has 0 spiro atoms. The van der Waals surface area contributed by atoms with Crippen LogP contribution < -0.4 is 10.1 Å². The van der Waals surface area contributed by atoms with E-state index in [4.69, 9.17) is 9.47 Å². The van der Waals surface area contributed by atoms with Crippen molar-refractivity contribution < 1.29 is 23.9 Å². The number of esters is 1. The maximum absolute atomic E-state index is 12.6. The number of amides is 2. The molecule has 8 heteroatoms. The number of thioether (sulfide) groups is 1. The van der Waals surface area contributed by atoms with Crippen LogP contribution in [0.5, 0.6) is 11.5 Å². The van der Waals surface area contributed by atoms with Gasteiger partial charge in [0.2, 0.25) is 5.91 Å². The van der Waals surface area contributed by atoms with E-state index in [1.54, 1.807) is 62.6 Å². The Morgan fingerprint density at radius 1 is 0.879 bits per heavy atom. The van der Waals surface area contributed by atoms with Gasteiger partial charge in [-0.1, -0.05) is 42.5 Å². The van der Waals surface area contributed by atoms with Gasteiger partial charge in [0.25, 0.3) is 5.91 Å². The van der Waals surface area contributed by atoms with Gasteiger partial charge in [-0.15, -0.1) is 11.8 Å². The van der Waals surface area contributed by atoms with Crippen LogP contribution in [-0.2, 0) is 14.3 Å². The van der Waals surface area contributed by atoms with Crippen molar-refractivity contribution >= 4 is 35.2 Å². The zero-order valence-corrected chi connectivity index (χ0v) is 19.1. The molecule has 3 rings (SSSR count). The van der Waals surface area contributed by atoms with Crippen LogP contribution in [0.3, 0.4) is 0 Å². The predicted molar refractivity (Wildman–Crippen MR) is 128 cm³/mol. The second-order valence-electron chi connectivity index (χ2n) is 7.11. The molecule has 0 aliphatic rings. The number of hydrogen-bond donors (Lipinski definition) is 1. The Kier molecular flexibility index (Phi) is 8.49. The molecule has 33 heavy (non-hydrogen) atoms. The molecule has 0 atom stereocenters. The lowest BCUT2D eigenvalue weighted by molar-refractivity contribution is -0.125. The minimum atomic E-state index is -0.639. The van der Waals surface area contributed by atoms with Crippen LogP contribution in [0.15, 0.2) is 83.8 Å². The zero-order chi connectivity index (χ0) is 23.6. The van der Waals surface area contributed by atoms with Crippen LogP contribution in [0.2, 0.25) is 0 Å². The fraction of sp³-hybridized carbons (Fsp3) is 0.160. The van der Waals surface area contributed by atoms with E-state index in [-0.39, 0.29) is 11.7 Å². The molecule has 7 nitrogen and oxygen atoms in total. The Morgan fingerprint density at radius 2 is 1.55 bits per heavy atom. The van der Waals surface area contributed by atoms with Gasteiger partial charge in [-0.3, -0.25) is 9.59 Å². The summed E-state index contributed by atoms with van der Waals surface area (Å²) in [5.41, 5.74) is 0.759. The number of nitrogens with one attached hydrogen (secondary N) is 1. The molecular weight excluding hydrogens is 440 g/mol. The van der Waals surface area contributed by atoms with Gasteiger partial charge in [0.1, 0.15) is 5.75 Å². The SMILES string of the molecule is CN(C)C(=O)CSc1ccccc1C(=O)OCC(=O)Nc1ccccc1Oc1ccccc1. The number of ether oxygens (including phenoxy) is 2. The number of benzene rings is 3. The normalized spacial score (nSPS) is 10.2. The van der Waals surface area contributed by atoms with E-state index in [0.717, 1.165) is 0 Å². The number of anilines is 1. The van der Waals surface area contributed by atoms with Crippen LogP contribution in [-0.4, -0.2) is 49.1 Å². The number of hydrogen-bond acceptors (Lipinski definition) is 6. The molecule has 1 N–H and O–H groups in total. The summed E-state index contributed by atoms with van der Waals surface area (Å²) in [5.74, 6) is 0.0811. The van der Waals surface area contributed by atoms with Crippen LogP contribution in [0.25, 0.3) is 0 Å². The van der Waals surface area contributed by atoms with E-state index in [0.29, 0.717) is 27.6 Å². The van der Waals surface area contributed by atoms with Crippen LogP contribution in [0.1, 0.15) is 10.4 Å². The van der Waals surface area contributed by atoms with Crippen molar-refractivity contribution in [3.8, 4) is 11.5 Å². The molecule has 3 aromatic carbocycles. The monoisotopic (exact) mass is 464 g/mol. The smallest absolute Gasteiger partial charge is 0.339 e. The summed E-state index contributed by atoms with van der Waals surface area (Å²) < 4.78 is 11.0. The van der Waals surface area contributed by atoms with Crippen molar-refractivity contribution in [1.82, 2.24) is 4.90 Å². The van der Waals surface area contributed by atoms with Crippen LogP contribution in [0.4, 0.5) is 5.69 Å².